The van der Waals surface area contributed by atoms with Crippen LogP contribution in [0.4, 0.5) is 0 Å². The molecule has 0 aliphatic heterocycles. The van der Waals surface area contributed by atoms with Crippen molar-refractivity contribution in [1.29, 1.82) is 0 Å². The summed E-state index contributed by atoms with van der Waals surface area (Å²) in [5, 5.41) is 1.81. The van der Waals surface area contributed by atoms with Crippen LogP contribution >= 0.6 is 22.9 Å². The summed E-state index contributed by atoms with van der Waals surface area (Å²) >= 11 is 7.55. The summed E-state index contributed by atoms with van der Waals surface area (Å²) in [6, 6.07) is 5.78. The highest BCUT2D eigenvalue weighted by molar-refractivity contribution is 7.21. The van der Waals surface area contributed by atoms with Gasteiger partial charge in [0.2, 0.25) is 0 Å². The van der Waals surface area contributed by atoms with Crippen LogP contribution in [-0.4, -0.2) is 5.78 Å². The molecule has 3 heteroatoms. The molecule has 0 radical (unpaired) electrons. The van der Waals surface area contributed by atoms with Crippen molar-refractivity contribution in [2.24, 2.45) is 5.41 Å². The van der Waals surface area contributed by atoms with Crippen molar-refractivity contribution in [3.63, 3.8) is 0 Å². The standard InChI is InChI=1S/C14H15ClOS/c1-8-10-7-9(15)5-6-11(10)17-12(8)13(16)14(2,3)4/h5-7H,1-4H3. The third-order valence-corrected chi connectivity index (χ3v) is 4.29. The molecule has 0 fully saturated rings. The molecule has 0 saturated carbocycles. The van der Waals surface area contributed by atoms with Crippen LogP contribution in [0.5, 0.6) is 0 Å². The van der Waals surface area contributed by atoms with Crippen LogP contribution in [0.3, 0.4) is 0 Å². The number of hydrogen-bond acceptors (Lipinski definition) is 2. The summed E-state index contributed by atoms with van der Waals surface area (Å²) in [6.07, 6.45) is 0. The molecule has 17 heavy (non-hydrogen) atoms. The molecule has 1 aromatic heterocycles. The van der Waals surface area contributed by atoms with E-state index in [0.717, 1.165) is 20.5 Å². The Morgan fingerprint density at radius 2 is 1.94 bits per heavy atom. The number of halogens is 1. The van der Waals surface area contributed by atoms with Gasteiger partial charge in [-0.2, -0.15) is 0 Å². The van der Waals surface area contributed by atoms with Gasteiger partial charge in [0.1, 0.15) is 0 Å². The first-order valence-electron chi connectivity index (χ1n) is 5.54. The molecule has 2 rings (SSSR count). The highest BCUT2D eigenvalue weighted by Crippen LogP contribution is 2.36. The van der Waals surface area contributed by atoms with Crippen LogP contribution in [0.15, 0.2) is 18.2 Å². The number of Topliss-reactive ketones (excluding diaryl/α,β-unsaturated/α-hetero) is 1. The number of carbonyl (C=O) groups is 1. The van der Waals surface area contributed by atoms with E-state index in [1.807, 2.05) is 45.9 Å². The molecule has 90 valence electrons. The molecule has 0 amide bonds. The predicted octanol–water partition coefficient (Wildman–Crippen LogP) is 5.09. The van der Waals surface area contributed by atoms with Gasteiger partial charge in [0, 0.05) is 15.1 Å². The number of hydrogen-bond donors (Lipinski definition) is 0. The van der Waals surface area contributed by atoms with Crippen LogP contribution in [0.25, 0.3) is 10.1 Å². The third-order valence-electron chi connectivity index (χ3n) is 2.79. The topological polar surface area (TPSA) is 17.1 Å². The first-order valence-corrected chi connectivity index (χ1v) is 6.73. The smallest absolute Gasteiger partial charge is 0.178 e. The fraction of sp³-hybridized carbons (Fsp3) is 0.357. The molecule has 0 unspecified atom stereocenters. The van der Waals surface area contributed by atoms with Gasteiger partial charge in [-0.1, -0.05) is 32.4 Å². The molecule has 1 nitrogen and oxygen atoms in total. The van der Waals surface area contributed by atoms with E-state index in [-0.39, 0.29) is 11.2 Å². The summed E-state index contributed by atoms with van der Waals surface area (Å²) in [5.41, 5.74) is 0.711. The summed E-state index contributed by atoms with van der Waals surface area (Å²) in [6.45, 7) is 7.85. The Labute approximate surface area is 110 Å². The van der Waals surface area contributed by atoms with Crippen LogP contribution in [0.1, 0.15) is 36.0 Å². The lowest BCUT2D eigenvalue weighted by atomic mass is 9.88. The molecule has 2 aromatic rings. The molecular formula is C14H15ClOS. The highest BCUT2D eigenvalue weighted by Gasteiger charge is 2.26. The summed E-state index contributed by atoms with van der Waals surface area (Å²) in [7, 11) is 0. The molecule has 0 atom stereocenters. The molecule has 1 aromatic carbocycles. The second-order valence-corrected chi connectivity index (χ2v) is 6.76. The number of carbonyl (C=O) groups excluding carboxylic acids is 1. The molecule has 0 aliphatic carbocycles. The van der Waals surface area contributed by atoms with Gasteiger partial charge >= 0.3 is 0 Å². The molecule has 0 saturated heterocycles. The lowest BCUT2D eigenvalue weighted by molar-refractivity contribution is 0.0862. The van der Waals surface area contributed by atoms with Crippen LogP contribution in [-0.2, 0) is 0 Å². The van der Waals surface area contributed by atoms with Gasteiger partial charge in [0.15, 0.2) is 5.78 Å². The maximum absolute atomic E-state index is 12.3. The Morgan fingerprint density at radius 3 is 2.53 bits per heavy atom. The second-order valence-electron chi connectivity index (χ2n) is 5.28. The quantitative estimate of drug-likeness (QED) is 0.657. The Balaban J connectivity index is 2.65. The van der Waals surface area contributed by atoms with Crippen molar-refractivity contribution < 1.29 is 4.79 Å². The number of benzene rings is 1. The highest BCUT2D eigenvalue weighted by atomic mass is 35.5. The fourth-order valence-corrected chi connectivity index (χ4v) is 3.26. The van der Waals surface area contributed by atoms with Gasteiger partial charge in [-0.15, -0.1) is 11.3 Å². The van der Waals surface area contributed by atoms with Gasteiger partial charge in [0.05, 0.1) is 4.88 Å². The Morgan fingerprint density at radius 1 is 1.29 bits per heavy atom. The zero-order chi connectivity index (χ0) is 12.8. The van der Waals surface area contributed by atoms with Crippen LogP contribution < -0.4 is 0 Å². The second kappa shape index (κ2) is 4.11. The van der Waals surface area contributed by atoms with Crippen molar-refractivity contribution in [2.75, 3.05) is 0 Å². The van der Waals surface area contributed by atoms with Crippen molar-refractivity contribution in [1.82, 2.24) is 0 Å². The summed E-state index contributed by atoms with van der Waals surface area (Å²) in [4.78, 5) is 13.2. The SMILES string of the molecule is Cc1c(C(=O)C(C)(C)C)sc2ccc(Cl)cc12. The molecule has 0 aliphatic rings. The summed E-state index contributed by atoms with van der Waals surface area (Å²) in [5.74, 6) is 0.201. The van der Waals surface area contributed by atoms with E-state index in [2.05, 4.69) is 0 Å². The molecule has 0 bridgehead atoms. The minimum absolute atomic E-state index is 0.201. The first kappa shape index (κ1) is 12.6. The van der Waals surface area contributed by atoms with Gasteiger partial charge in [-0.05, 0) is 36.1 Å². The molecule has 0 spiro atoms. The van der Waals surface area contributed by atoms with Crippen LogP contribution in [0.2, 0.25) is 5.02 Å². The molecular weight excluding hydrogens is 252 g/mol. The first-order chi connectivity index (χ1) is 7.80. The predicted molar refractivity (Wildman–Crippen MR) is 75.4 cm³/mol. The normalized spacial score (nSPS) is 12.1. The molecule has 1 heterocycles. The van der Waals surface area contributed by atoms with E-state index in [9.17, 15) is 4.79 Å². The van der Waals surface area contributed by atoms with E-state index < -0.39 is 0 Å². The van der Waals surface area contributed by atoms with Crippen molar-refractivity contribution >= 4 is 38.8 Å². The van der Waals surface area contributed by atoms with E-state index >= 15 is 0 Å². The average molecular weight is 267 g/mol. The zero-order valence-electron chi connectivity index (χ0n) is 10.4. The number of rotatable bonds is 1. The maximum atomic E-state index is 12.3. The van der Waals surface area contributed by atoms with Gasteiger partial charge in [-0.25, -0.2) is 0 Å². The average Bonchev–Trinajstić information content (AvgIpc) is 2.54. The van der Waals surface area contributed by atoms with Crippen molar-refractivity contribution in [3.05, 3.63) is 33.7 Å². The Kier molecular flexibility index (Phi) is 3.04. The van der Waals surface area contributed by atoms with E-state index in [1.165, 1.54) is 0 Å². The fourth-order valence-electron chi connectivity index (χ4n) is 1.75. The van der Waals surface area contributed by atoms with Crippen molar-refractivity contribution in [3.8, 4) is 0 Å². The largest absolute Gasteiger partial charge is 0.293 e. The molecule has 0 N–H and O–H groups in total. The Bertz CT molecular complexity index is 590. The third kappa shape index (κ3) is 2.24. The number of ketones is 1. The summed E-state index contributed by atoms with van der Waals surface area (Å²) < 4.78 is 1.12. The van der Waals surface area contributed by atoms with Crippen molar-refractivity contribution in [2.45, 2.75) is 27.7 Å². The van der Waals surface area contributed by atoms with Gasteiger partial charge in [0.25, 0.3) is 0 Å². The van der Waals surface area contributed by atoms with Crippen LogP contribution in [0, 0.1) is 12.3 Å². The lowest BCUT2D eigenvalue weighted by Gasteiger charge is -2.15. The minimum Gasteiger partial charge on any atom is -0.293 e. The van der Waals surface area contributed by atoms with E-state index in [0.29, 0.717) is 5.02 Å². The van der Waals surface area contributed by atoms with E-state index in [1.54, 1.807) is 11.3 Å². The minimum atomic E-state index is -0.338. The maximum Gasteiger partial charge on any atom is 0.178 e. The number of aryl methyl sites for hydroxylation is 1. The van der Waals surface area contributed by atoms with Gasteiger partial charge < -0.3 is 0 Å². The van der Waals surface area contributed by atoms with E-state index in [4.69, 9.17) is 11.6 Å². The lowest BCUT2D eigenvalue weighted by Crippen LogP contribution is -2.19. The number of thiophene rings is 1. The Hall–Kier alpha value is -0.860. The van der Waals surface area contributed by atoms with Gasteiger partial charge in [-0.3, -0.25) is 4.79 Å². The zero-order valence-corrected chi connectivity index (χ0v) is 12.0. The monoisotopic (exact) mass is 266 g/mol. The number of fused-ring (bicyclic) bond motifs is 1.